The minimum Gasteiger partial charge on any atom is -0.339 e. The first-order chi connectivity index (χ1) is 15.0. The van der Waals surface area contributed by atoms with E-state index in [0.29, 0.717) is 39.9 Å². The Bertz CT molecular complexity index is 1260. The summed E-state index contributed by atoms with van der Waals surface area (Å²) in [5.74, 6) is -1.40. The molecular weight excluding hydrogens is 420 g/mol. The third-order valence-electron chi connectivity index (χ3n) is 4.43. The zero-order valence-corrected chi connectivity index (χ0v) is 17.2. The van der Waals surface area contributed by atoms with Crippen LogP contribution in [0.3, 0.4) is 0 Å². The Balaban J connectivity index is 1.43. The first-order valence-corrected chi connectivity index (χ1v) is 10.2. The molecule has 6 nitrogen and oxygen atoms in total. The lowest BCUT2D eigenvalue weighted by Crippen LogP contribution is -2.17. The van der Waals surface area contributed by atoms with Gasteiger partial charge in [-0.25, -0.2) is 15.0 Å². The molecule has 0 aliphatic rings. The molecule has 0 aromatic carbocycles. The summed E-state index contributed by atoms with van der Waals surface area (Å²) < 4.78 is 28.6. The highest BCUT2D eigenvalue weighted by Crippen LogP contribution is 2.19. The van der Waals surface area contributed by atoms with Crippen LogP contribution in [-0.2, 0) is 6.54 Å². The summed E-state index contributed by atoms with van der Waals surface area (Å²) in [4.78, 5) is 24.4. The second kappa shape index (κ2) is 8.97. The summed E-state index contributed by atoms with van der Waals surface area (Å²) in [6.45, 7) is 1.98. The smallest absolute Gasteiger partial charge is 0.274 e. The average molecular weight is 437 g/mol. The number of hydrogen-bond acceptors (Lipinski definition) is 5. The minimum absolute atomic E-state index is 0.327. The molecule has 0 unspecified atom stereocenters. The van der Waals surface area contributed by atoms with Crippen LogP contribution in [-0.4, -0.2) is 25.4 Å². The van der Waals surface area contributed by atoms with Gasteiger partial charge in [0.15, 0.2) is 5.13 Å². The minimum atomic E-state index is -0.567. The Labute approximate surface area is 180 Å². The molecule has 9 heteroatoms. The number of carbonyl (C=O) groups is 1. The highest BCUT2D eigenvalue weighted by atomic mass is 32.1. The van der Waals surface area contributed by atoms with Crippen molar-refractivity contribution in [3.05, 3.63) is 94.3 Å². The van der Waals surface area contributed by atoms with Gasteiger partial charge >= 0.3 is 0 Å². The van der Waals surface area contributed by atoms with Crippen molar-refractivity contribution < 1.29 is 13.6 Å². The van der Waals surface area contributed by atoms with Crippen LogP contribution in [0.25, 0.3) is 12.2 Å². The number of hydrogen-bond donors (Lipinski definition) is 1. The van der Waals surface area contributed by atoms with Crippen molar-refractivity contribution in [3.8, 4) is 0 Å². The summed E-state index contributed by atoms with van der Waals surface area (Å²) in [5, 5.41) is 4.97. The van der Waals surface area contributed by atoms with Gasteiger partial charge in [-0.15, -0.1) is 11.3 Å². The number of halogens is 2. The van der Waals surface area contributed by atoms with Crippen molar-refractivity contribution in [3.63, 3.8) is 0 Å². The predicted octanol–water partition coefficient (Wildman–Crippen LogP) is 4.79. The lowest BCUT2D eigenvalue weighted by molar-refractivity contribution is 0.101. The zero-order valence-electron chi connectivity index (χ0n) is 16.4. The van der Waals surface area contributed by atoms with Crippen molar-refractivity contribution in [1.29, 1.82) is 0 Å². The van der Waals surface area contributed by atoms with Crippen LogP contribution in [0.5, 0.6) is 0 Å². The molecule has 0 aliphatic carbocycles. The molecule has 0 radical (unpaired) electrons. The van der Waals surface area contributed by atoms with Gasteiger partial charge in [0.1, 0.15) is 5.69 Å². The van der Waals surface area contributed by atoms with Gasteiger partial charge in [-0.1, -0.05) is 6.07 Å². The van der Waals surface area contributed by atoms with E-state index in [-0.39, 0.29) is 5.91 Å². The fourth-order valence-corrected chi connectivity index (χ4v) is 3.53. The van der Waals surface area contributed by atoms with Crippen molar-refractivity contribution in [1.82, 2.24) is 19.5 Å². The molecule has 1 N–H and O–H groups in total. The standard InChI is InChI=1S/C22H17F2N5OS/c1-14-4-5-16(26-20(14)24)6-7-17-13-31-22(27-17)28-21(30)18-3-2-10-29(18)12-15-8-9-25-19(23)11-15/h2-11,13H,12H2,1H3,(H,27,28,30)/b7-6+. The molecule has 0 bridgehead atoms. The number of amides is 1. The molecule has 0 fully saturated rings. The monoisotopic (exact) mass is 437 g/mol. The van der Waals surface area contributed by atoms with E-state index in [9.17, 15) is 13.6 Å². The summed E-state index contributed by atoms with van der Waals surface area (Å²) in [5.41, 5.74) is 2.69. The fourth-order valence-electron chi connectivity index (χ4n) is 2.86. The Morgan fingerprint density at radius 3 is 2.81 bits per heavy atom. The maximum absolute atomic E-state index is 13.5. The van der Waals surface area contributed by atoms with Crippen LogP contribution in [0, 0.1) is 18.8 Å². The van der Waals surface area contributed by atoms with Gasteiger partial charge in [-0.05, 0) is 55.0 Å². The molecule has 156 valence electrons. The van der Waals surface area contributed by atoms with Crippen molar-refractivity contribution in [2.75, 3.05) is 5.32 Å². The Kier molecular flexibility index (Phi) is 5.94. The van der Waals surface area contributed by atoms with E-state index in [0.717, 1.165) is 0 Å². The molecule has 0 atom stereocenters. The molecule has 4 rings (SSSR count). The predicted molar refractivity (Wildman–Crippen MR) is 116 cm³/mol. The summed E-state index contributed by atoms with van der Waals surface area (Å²) in [6.07, 6.45) is 6.49. The molecule has 4 aromatic heterocycles. The van der Waals surface area contributed by atoms with Crippen molar-refractivity contribution in [2.24, 2.45) is 0 Å². The lowest BCUT2D eigenvalue weighted by Gasteiger charge is -2.09. The van der Waals surface area contributed by atoms with Gasteiger partial charge in [0.25, 0.3) is 5.91 Å². The topological polar surface area (TPSA) is 72.7 Å². The van der Waals surface area contributed by atoms with E-state index in [1.165, 1.54) is 23.6 Å². The largest absolute Gasteiger partial charge is 0.339 e. The molecule has 31 heavy (non-hydrogen) atoms. The van der Waals surface area contributed by atoms with E-state index >= 15 is 0 Å². The highest BCUT2D eigenvalue weighted by molar-refractivity contribution is 7.14. The molecule has 4 aromatic rings. The Hall–Kier alpha value is -3.72. The number of carbonyl (C=O) groups excluding carboxylic acids is 1. The number of pyridine rings is 2. The molecule has 0 aliphatic heterocycles. The van der Waals surface area contributed by atoms with Crippen LogP contribution >= 0.6 is 11.3 Å². The van der Waals surface area contributed by atoms with Crippen molar-refractivity contribution in [2.45, 2.75) is 13.5 Å². The third kappa shape index (κ3) is 5.07. The number of aryl methyl sites for hydroxylation is 1. The number of nitrogens with one attached hydrogen (secondary N) is 1. The van der Waals surface area contributed by atoms with E-state index in [4.69, 9.17) is 0 Å². The maximum Gasteiger partial charge on any atom is 0.274 e. The van der Waals surface area contributed by atoms with Gasteiger partial charge in [0.2, 0.25) is 11.9 Å². The molecule has 0 saturated carbocycles. The maximum atomic E-state index is 13.5. The molecule has 1 amide bonds. The lowest BCUT2D eigenvalue weighted by atomic mass is 10.2. The van der Waals surface area contributed by atoms with E-state index in [1.807, 2.05) is 0 Å². The van der Waals surface area contributed by atoms with E-state index in [2.05, 4.69) is 20.3 Å². The number of thiazole rings is 1. The van der Waals surface area contributed by atoms with Crippen LogP contribution in [0.15, 0.2) is 54.2 Å². The summed E-state index contributed by atoms with van der Waals surface area (Å²) in [6, 6.07) is 9.82. The van der Waals surface area contributed by atoms with Gasteiger partial charge in [-0.2, -0.15) is 8.78 Å². The zero-order chi connectivity index (χ0) is 21.8. The summed E-state index contributed by atoms with van der Waals surface area (Å²) >= 11 is 1.27. The first kappa shape index (κ1) is 20.5. The summed E-state index contributed by atoms with van der Waals surface area (Å²) in [7, 11) is 0. The van der Waals surface area contributed by atoms with Crippen LogP contribution in [0.4, 0.5) is 13.9 Å². The van der Waals surface area contributed by atoms with Gasteiger partial charge in [-0.3, -0.25) is 10.1 Å². The van der Waals surface area contributed by atoms with Crippen LogP contribution in [0.2, 0.25) is 0 Å². The van der Waals surface area contributed by atoms with Gasteiger partial charge < -0.3 is 4.57 Å². The Morgan fingerprint density at radius 2 is 2.00 bits per heavy atom. The third-order valence-corrected chi connectivity index (χ3v) is 5.21. The number of aromatic nitrogens is 4. The molecule has 0 spiro atoms. The average Bonchev–Trinajstić information content (AvgIpc) is 3.38. The normalized spacial score (nSPS) is 11.2. The van der Waals surface area contributed by atoms with Crippen LogP contribution in [0.1, 0.15) is 33.0 Å². The SMILES string of the molecule is Cc1ccc(/C=C/c2csc(NC(=O)c3cccn3Cc3ccnc(F)c3)n2)nc1F. The fraction of sp³-hybridized carbons (Fsp3) is 0.0909. The van der Waals surface area contributed by atoms with E-state index < -0.39 is 11.9 Å². The molecular formula is C22H17F2N5OS. The quantitative estimate of drug-likeness (QED) is 0.440. The number of rotatable bonds is 6. The first-order valence-electron chi connectivity index (χ1n) is 9.31. The van der Waals surface area contributed by atoms with Gasteiger partial charge in [0, 0.05) is 29.9 Å². The van der Waals surface area contributed by atoms with E-state index in [1.54, 1.807) is 65.6 Å². The number of anilines is 1. The van der Waals surface area contributed by atoms with Crippen molar-refractivity contribution >= 4 is 34.5 Å². The van der Waals surface area contributed by atoms with Gasteiger partial charge in [0.05, 0.1) is 11.4 Å². The Morgan fingerprint density at radius 1 is 1.16 bits per heavy atom. The highest BCUT2D eigenvalue weighted by Gasteiger charge is 2.13. The second-order valence-corrected chi connectivity index (χ2v) is 7.58. The number of nitrogens with zero attached hydrogens (tertiary/aromatic N) is 4. The molecule has 4 heterocycles. The van der Waals surface area contributed by atoms with Crippen LogP contribution < -0.4 is 5.32 Å². The second-order valence-electron chi connectivity index (χ2n) is 6.72. The molecule has 0 saturated heterocycles.